The van der Waals surface area contributed by atoms with Gasteiger partial charge in [-0.3, -0.25) is 4.79 Å². The Kier molecular flexibility index (Phi) is 4.42. The van der Waals surface area contributed by atoms with Gasteiger partial charge < -0.3 is 5.32 Å². The highest BCUT2D eigenvalue weighted by Crippen LogP contribution is 2.25. The van der Waals surface area contributed by atoms with Gasteiger partial charge in [-0.2, -0.15) is 0 Å². The predicted octanol–water partition coefficient (Wildman–Crippen LogP) is 2.80. The molecule has 0 bridgehead atoms. The number of nitrogens with one attached hydrogen (secondary N) is 1. The average Bonchev–Trinajstić information content (AvgIpc) is 2.65. The molecular weight excluding hydrogens is 218 g/mol. The van der Waals surface area contributed by atoms with Crippen LogP contribution in [0, 0.1) is 5.92 Å². The number of carbonyl (C=O) groups excluding carboxylic acids is 1. The summed E-state index contributed by atoms with van der Waals surface area (Å²) in [6, 6.07) is 4.10. The Labute approximate surface area is 93.3 Å². The first-order valence-corrected chi connectivity index (χ1v) is 5.95. The second kappa shape index (κ2) is 5.37. The normalized spacial score (nSPS) is 12.9. The lowest BCUT2D eigenvalue weighted by Crippen LogP contribution is -2.31. The Morgan fingerprint density at radius 3 is 2.79 bits per heavy atom. The van der Waals surface area contributed by atoms with Gasteiger partial charge in [0, 0.05) is 4.88 Å². The minimum absolute atomic E-state index is 0.0224. The molecule has 1 rings (SSSR count). The number of rotatable bonds is 4. The highest BCUT2D eigenvalue weighted by Gasteiger charge is 2.18. The minimum Gasteiger partial charge on any atom is -0.347 e. The van der Waals surface area contributed by atoms with E-state index in [-0.39, 0.29) is 17.8 Å². The van der Waals surface area contributed by atoms with Gasteiger partial charge in [0.15, 0.2) is 0 Å². The quantitative estimate of drug-likeness (QED) is 0.794. The minimum atomic E-state index is -0.112. The van der Waals surface area contributed by atoms with Gasteiger partial charge in [-0.05, 0) is 17.4 Å². The zero-order valence-electron chi connectivity index (χ0n) is 8.29. The maximum atomic E-state index is 11.2. The fourth-order valence-corrected chi connectivity index (χ4v) is 2.27. The highest BCUT2D eigenvalue weighted by molar-refractivity contribution is 7.10. The van der Waals surface area contributed by atoms with Crippen molar-refractivity contribution in [1.82, 2.24) is 5.32 Å². The summed E-state index contributed by atoms with van der Waals surface area (Å²) in [5, 5.41) is 4.92. The molecule has 0 aliphatic heterocycles. The van der Waals surface area contributed by atoms with Crippen LogP contribution in [0.3, 0.4) is 0 Å². The van der Waals surface area contributed by atoms with Gasteiger partial charge in [-0.15, -0.1) is 22.9 Å². The van der Waals surface area contributed by atoms with Crippen molar-refractivity contribution in [3.8, 4) is 0 Å². The number of hydrogen-bond donors (Lipinski definition) is 1. The summed E-state index contributed by atoms with van der Waals surface area (Å²) in [7, 11) is 0. The van der Waals surface area contributed by atoms with Gasteiger partial charge in [0.2, 0.25) is 5.91 Å². The van der Waals surface area contributed by atoms with E-state index in [1.165, 1.54) is 4.88 Å². The molecule has 4 heteroatoms. The van der Waals surface area contributed by atoms with Crippen molar-refractivity contribution in [2.45, 2.75) is 19.9 Å². The highest BCUT2D eigenvalue weighted by atomic mass is 35.5. The molecule has 1 heterocycles. The molecule has 1 aromatic rings. The third-order valence-electron chi connectivity index (χ3n) is 1.95. The van der Waals surface area contributed by atoms with Gasteiger partial charge in [0.25, 0.3) is 0 Å². The zero-order chi connectivity index (χ0) is 10.6. The number of alkyl halides is 1. The van der Waals surface area contributed by atoms with Gasteiger partial charge in [-0.25, -0.2) is 0 Å². The fourth-order valence-electron chi connectivity index (χ4n) is 1.25. The first-order valence-electron chi connectivity index (χ1n) is 4.54. The monoisotopic (exact) mass is 231 g/mol. The van der Waals surface area contributed by atoms with Gasteiger partial charge in [0.1, 0.15) is 5.88 Å². The molecule has 0 saturated carbocycles. The van der Waals surface area contributed by atoms with Crippen LogP contribution < -0.4 is 5.32 Å². The van der Waals surface area contributed by atoms with Gasteiger partial charge in [0.05, 0.1) is 6.04 Å². The van der Waals surface area contributed by atoms with Crippen molar-refractivity contribution in [2.75, 3.05) is 5.88 Å². The van der Waals surface area contributed by atoms with Crippen LogP contribution in [-0.2, 0) is 4.79 Å². The maximum absolute atomic E-state index is 11.2. The summed E-state index contributed by atoms with van der Waals surface area (Å²) in [4.78, 5) is 12.4. The zero-order valence-corrected chi connectivity index (χ0v) is 9.86. The van der Waals surface area contributed by atoms with Crippen LogP contribution in [0.2, 0.25) is 0 Å². The molecule has 1 aromatic heterocycles. The third kappa shape index (κ3) is 3.00. The Balaban J connectivity index is 2.70. The predicted molar refractivity (Wildman–Crippen MR) is 60.8 cm³/mol. The van der Waals surface area contributed by atoms with Crippen molar-refractivity contribution in [1.29, 1.82) is 0 Å². The topological polar surface area (TPSA) is 29.1 Å². The number of thiophene rings is 1. The Hall–Kier alpha value is -0.540. The molecule has 14 heavy (non-hydrogen) atoms. The number of hydrogen-bond acceptors (Lipinski definition) is 2. The first-order chi connectivity index (χ1) is 6.65. The smallest absolute Gasteiger partial charge is 0.235 e. The van der Waals surface area contributed by atoms with E-state index in [9.17, 15) is 4.79 Å². The SMILES string of the molecule is CC(C)[C@H](NC(=O)CCl)c1cccs1. The maximum Gasteiger partial charge on any atom is 0.235 e. The molecule has 0 aromatic carbocycles. The number of carbonyl (C=O) groups is 1. The van der Waals surface area contributed by atoms with Crippen LogP contribution in [0.1, 0.15) is 24.8 Å². The van der Waals surface area contributed by atoms with Crippen molar-refractivity contribution in [3.05, 3.63) is 22.4 Å². The molecule has 0 spiro atoms. The van der Waals surface area contributed by atoms with Crippen molar-refractivity contribution in [3.63, 3.8) is 0 Å². The largest absolute Gasteiger partial charge is 0.347 e. The summed E-state index contributed by atoms with van der Waals surface area (Å²) in [6.07, 6.45) is 0. The molecule has 0 fully saturated rings. The van der Waals surface area contributed by atoms with Gasteiger partial charge in [-0.1, -0.05) is 19.9 Å². The van der Waals surface area contributed by atoms with Crippen LogP contribution in [0.5, 0.6) is 0 Å². The molecule has 0 saturated heterocycles. The van der Waals surface area contributed by atoms with Crippen molar-refractivity contribution >= 4 is 28.8 Å². The molecular formula is C10H14ClNOS. The van der Waals surface area contributed by atoms with E-state index < -0.39 is 0 Å². The lowest BCUT2D eigenvalue weighted by atomic mass is 10.0. The summed E-state index contributed by atoms with van der Waals surface area (Å²) >= 11 is 7.11. The molecule has 0 unspecified atom stereocenters. The summed E-state index contributed by atoms with van der Waals surface area (Å²) in [5.41, 5.74) is 0. The molecule has 1 atom stereocenters. The van der Waals surface area contributed by atoms with Crippen molar-refractivity contribution in [2.24, 2.45) is 5.92 Å². The standard InChI is InChI=1S/C10H14ClNOS/c1-7(2)10(12-9(13)6-11)8-4-3-5-14-8/h3-5,7,10H,6H2,1-2H3,(H,12,13)/t10-/m0/s1. The summed E-state index contributed by atoms with van der Waals surface area (Å²) in [6.45, 7) is 4.16. The lowest BCUT2D eigenvalue weighted by molar-refractivity contribution is -0.119. The summed E-state index contributed by atoms with van der Waals surface area (Å²) < 4.78 is 0. The second-order valence-electron chi connectivity index (χ2n) is 3.44. The Morgan fingerprint density at radius 1 is 1.64 bits per heavy atom. The van der Waals surface area contributed by atoms with Crippen LogP contribution >= 0.6 is 22.9 Å². The lowest BCUT2D eigenvalue weighted by Gasteiger charge is -2.20. The van der Waals surface area contributed by atoms with E-state index in [2.05, 4.69) is 19.2 Å². The summed E-state index contributed by atoms with van der Waals surface area (Å²) in [5.74, 6) is 0.286. The Bertz CT molecular complexity index is 284. The van der Waals surface area contributed by atoms with E-state index in [0.29, 0.717) is 5.92 Å². The van der Waals surface area contributed by atoms with Crippen LogP contribution in [0.15, 0.2) is 17.5 Å². The van der Waals surface area contributed by atoms with Crippen LogP contribution in [0.4, 0.5) is 0 Å². The molecule has 78 valence electrons. The molecule has 1 amide bonds. The molecule has 0 radical (unpaired) electrons. The van der Waals surface area contributed by atoms with E-state index in [1.807, 2.05) is 17.5 Å². The molecule has 0 aliphatic rings. The van der Waals surface area contributed by atoms with Gasteiger partial charge >= 0.3 is 0 Å². The van der Waals surface area contributed by atoms with Crippen molar-refractivity contribution < 1.29 is 4.79 Å². The third-order valence-corrected chi connectivity index (χ3v) is 3.15. The first kappa shape index (κ1) is 11.5. The fraction of sp³-hybridized carbons (Fsp3) is 0.500. The van der Waals surface area contributed by atoms with E-state index >= 15 is 0 Å². The average molecular weight is 232 g/mol. The van der Waals surface area contributed by atoms with E-state index in [1.54, 1.807) is 11.3 Å². The molecule has 2 nitrogen and oxygen atoms in total. The second-order valence-corrected chi connectivity index (χ2v) is 4.68. The van der Waals surface area contributed by atoms with Crippen LogP contribution in [-0.4, -0.2) is 11.8 Å². The molecule has 0 aliphatic carbocycles. The van der Waals surface area contributed by atoms with Crippen LogP contribution in [0.25, 0.3) is 0 Å². The number of amides is 1. The van der Waals surface area contributed by atoms with E-state index in [4.69, 9.17) is 11.6 Å². The Morgan fingerprint density at radius 2 is 2.36 bits per heavy atom. The molecule has 1 N–H and O–H groups in total. The number of halogens is 1. The van der Waals surface area contributed by atoms with E-state index in [0.717, 1.165) is 0 Å².